The lowest BCUT2D eigenvalue weighted by atomic mass is 9.99. The van der Waals surface area contributed by atoms with Crippen molar-refractivity contribution in [1.29, 1.82) is 0 Å². The van der Waals surface area contributed by atoms with Crippen molar-refractivity contribution < 1.29 is 13.9 Å². The van der Waals surface area contributed by atoms with Gasteiger partial charge in [-0.05, 0) is 56.8 Å². The minimum absolute atomic E-state index is 0.0572. The second-order valence-corrected chi connectivity index (χ2v) is 7.61. The Bertz CT molecular complexity index is 842. The van der Waals surface area contributed by atoms with E-state index in [4.69, 9.17) is 9.47 Å². The van der Waals surface area contributed by atoms with Gasteiger partial charge in [-0.25, -0.2) is 14.4 Å². The molecule has 0 unspecified atom stereocenters. The lowest BCUT2D eigenvalue weighted by molar-refractivity contribution is 0.240. The van der Waals surface area contributed by atoms with Crippen LogP contribution < -0.4 is 9.47 Å². The second kappa shape index (κ2) is 7.43. The minimum Gasteiger partial charge on any atom is -0.481 e. The maximum atomic E-state index is 14.6. The second-order valence-electron chi connectivity index (χ2n) is 7.61. The van der Waals surface area contributed by atoms with Crippen molar-refractivity contribution in [1.82, 2.24) is 14.9 Å². The van der Waals surface area contributed by atoms with Gasteiger partial charge < -0.3 is 9.47 Å². The first kappa shape index (κ1) is 18.2. The van der Waals surface area contributed by atoms with Crippen LogP contribution in [0.25, 0.3) is 0 Å². The summed E-state index contributed by atoms with van der Waals surface area (Å²) >= 11 is 0. The van der Waals surface area contributed by atoms with Crippen LogP contribution in [-0.2, 0) is 12.8 Å². The quantitative estimate of drug-likeness (QED) is 0.805. The summed E-state index contributed by atoms with van der Waals surface area (Å²) in [5.41, 5.74) is 3.59. The summed E-state index contributed by atoms with van der Waals surface area (Å²) in [6.07, 6.45) is 2.82. The summed E-state index contributed by atoms with van der Waals surface area (Å²) < 4.78 is 25.4. The molecule has 0 radical (unpaired) electrons. The molecule has 5 nitrogen and oxygen atoms in total. The highest BCUT2D eigenvalue weighted by Crippen LogP contribution is 2.33. The Balaban J connectivity index is 1.44. The molecular formula is C21H26FN3O2. The van der Waals surface area contributed by atoms with Gasteiger partial charge in [0.1, 0.15) is 5.82 Å². The zero-order valence-corrected chi connectivity index (χ0v) is 16.2. The van der Waals surface area contributed by atoms with Crippen LogP contribution in [0.4, 0.5) is 4.39 Å². The molecule has 0 N–H and O–H groups in total. The average Bonchev–Trinajstić information content (AvgIpc) is 3.28. The third-order valence-electron chi connectivity index (χ3n) is 5.64. The van der Waals surface area contributed by atoms with Crippen LogP contribution in [-0.4, -0.2) is 41.7 Å². The Hall–Kier alpha value is -2.21. The van der Waals surface area contributed by atoms with Gasteiger partial charge in [-0.3, -0.25) is 4.90 Å². The molecule has 27 heavy (non-hydrogen) atoms. The number of nitrogens with zero attached hydrogens (tertiary/aromatic N) is 3. The smallest absolute Gasteiger partial charge is 0.217 e. The molecule has 4 rings (SSSR count). The van der Waals surface area contributed by atoms with E-state index in [1.54, 1.807) is 13.2 Å². The predicted octanol–water partition coefficient (Wildman–Crippen LogP) is 3.49. The van der Waals surface area contributed by atoms with Crippen molar-refractivity contribution >= 4 is 0 Å². The molecule has 0 aromatic carbocycles. The molecule has 2 aromatic rings. The molecule has 144 valence electrons. The van der Waals surface area contributed by atoms with Crippen molar-refractivity contribution in [2.45, 2.75) is 39.2 Å². The summed E-state index contributed by atoms with van der Waals surface area (Å²) in [5.74, 6) is 1.59. The Labute approximate surface area is 159 Å². The van der Waals surface area contributed by atoms with Gasteiger partial charge in [0.25, 0.3) is 0 Å². The number of fused-ring (bicyclic) bond motifs is 1. The number of halogens is 1. The summed E-state index contributed by atoms with van der Waals surface area (Å²) in [7, 11) is 1.65. The fraction of sp³-hybridized carbons (Fsp3) is 0.524. The molecule has 0 bridgehead atoms. The van der Waals surface area contributed by atoms with Crippen LogP contribution in [0.2, 0.25) is 0 Å². The molecular weight excluding hydrogens is 345 g/mol. The van der Waals surface area contributed by atoms with Gasteiger partial charge in [0.2, 0.25) is 11.8 Å². The van der Waals surface area contributed by atoms with E-state index < -0.39 is 0 Å². The molecule has 0 spiro atoms. The van der Waals surface area contributed by atoms with Crippen LogP contribution in [0, 0.1) is 18.7 Å². The molecule has 1 saturated heterocycles. The number of aryl methyl sites for hydroxylation is 1. The van der Waals surface area contributed by atoms with Gasteiger partial charge in [-0.2, -0.15) is 0 Å². The highest BCUT2D eigenvalue weighted by atomic mass is 19.1. The number of pyridine rings is 2. The van der Waals surface area contributed by atoms with Crippen LogP contribution in [0.5, 0.6) is 11.8 Å². The highest BCUT2D eigenvalue weighted by molar-refractivity contribution is 5.33. The van der Waals surface area contributed by atoms with Crippen molar-refractivity contribution in [3.63, 3.8) is 0 Å². The monoisotopic (exact) mass is 371 g/mol. The van der Waals surface area contributed by atoms with Crippen LogP contribution in [0.1, 0.15) is 41.9 Å². The third kappa shape index (κ3) is 3.76. The van der Waals surface area contributed by atoms with Crippen molar-refractivity contribution in [2.24, 2.45) is 5.92 Å². The van der Waals surface area contributed by atoms with E-state index in [-0.39, 0.29) is 11.9 Å². The van der Waals surface area contributed by atoms with E-state index >= 15 is 0 Å². The number of ether oxygens (including phenoxy) is 2. The van der Waals surface area contributed by atoms with Gasteiger partial charge in [0.05, 0.1) is 25.5 Å². The van der Waals surface area contributed by atoms with Gasteiger partial charge in [0.15, 0.2) is 0 Å². The van der Waals surface area contributed by atoms with Gasteiger partial charge in [-0.1, -0.05) is 0 Å². The zero-order chi connectivity index (χ0) is 19.0. The van der Waals surface area contributed by atoms with Gasteiger partial charge >= 0.3 is 0 Å². The first-order valence-electron chi connectivity index (χ1n) is 9.61. The van der Waals surface area contributed by atoms with Gasteiger partial charge in [-0.15, -0.1) is 0 Å². The summed E-state index contributed by atoms with van der Waals surface area (Å²) in [6, 6.07) is 5.67. The number of hydrogen-bond donors (Lipinski definition) is 0. The summed E-state index contributed by atoms with van der Waals surface area (Å²) in [4.78, 5) is 11.2. The number of hydrogen-bond acceptors (Lipinski definition) is 5. The van der Waals surface area contributed by atoms with Crippen LogP contribution in [0.3, 0.4) is 0 Å². The molecule has 0 aliphatic carbocycles. The normalized spacial score (nSPS) is 20.4. The first-order chi connectivity index (χ1) is 13.0. The fourth-order valence-corrected chi connectivity index (χ4v) is 4.19. The SMILES string of the molecule is COc1cc(C[C@H]2CCN([C@H](C)c3nc4c(cc3F)CCO4)C2)cc(C)n1. The average molecular weight is 371 g/mol. The maximum absolute atomic E-state index is 14.6. The zero-order valence-electron chi connectivity index (χ0n) is 16.2. The van der Waals surface area contributed by atoms with E-state index in [0.717, 1.165) is 43.6 Å². The van der Waals surface area contributed by atoms with Gasteiger partial charge in [0, 0.05) is 30.3 Å². The molecule has 2 atom stereocenters. The molecule has 2 aromatic heterocycles. The lowest BCUT2D eigenvalue weighted by Crippen LogP contribution is -2.26. The fourth-order valence-electron chi connectivity index (χ4n) is 4.19. The van der Waals surface area contributed by atoms with E-state index in [1.807, 2.05) is 19.9 Å². The first-order valence-corrected chi connectivity index (χ1v) is 9.61. The van der Waals surface area contributed by atoms with E-state index in [9.17, 15) is 4.39 Å². The molecule has 0 saturated carbocycles. The van der Waals surface area contributed by atoms with E-state index in [1.165, 1.54) is 5.56 Å². The molecule has 0 amide bonds. The molecule has 2 aliphatic heterocycles. The van der Waals surface area contributed by atoms with Crippen molar-refractivity contribution in [2.75, 3.05) is 26.8 Å². The molecule has 6 heteroatoms. The van der Waals surface area contributed by atoms with E-state index in [2.05, 4.69) is 20.9 Å². The number of methoxy groups -OCH3 is 1. The number of aromatic nitrogens is 2. The highest BCUT2D eigenvalue weighted by Gasteiger charge is 2.30. The maximum Gasteiger partial charge on any atom is 0.217 e. The van der Waals surface area contributed by atoms with Crippen LogP contribution in [0.15, 0.2) is 18.2 Å². The molecule has 1 fully saturated rings. The van der Waals surface area contributed by atoms with E-state index in [0.29, 0.717) is 30.0 Å². The summed E-state index contributed by atoms with van der Waals surface area (Å²) in [5, 5.41) is 0. The Morgan fingerprint density at radius 2 is 2.19 bits per heavy atom. The number of rotatable bonds is 5. The predicted molar refractivity (Wildman–Crippen MR) is 101 cm³/mol. The lowest BCUT2D eigenvalue weighted by Gasteiger charge is -2.24. The minimum atomic E-state index is -0.218. The Morgan fingerprint density at radius 3 is 3.00 bits per heavy atom. The Kier molecular flexibility index (Phi) is 5.00. The largest absolute Gasteiger partial charge is 0.481 e. The topological polar surface area (TPSA) is 47.5 Å². The third-order valence-corrected chi connectivity index (χ3v) is 5.64. The Morgan fingerprint density at radius 1 is 1.33 bits per heavy atom. The van der Waals surface area contributed by atoms with Crippen molar-refractivity contribution in [3.05, 3.63) is 46.5 Å². The van der Waals surface area contributed by atoms with Crippen LogP contribution >= 0.6 is 0 Å². The number of likely N-dealkylation sites (tertiary alicyclic amines) is 1. The molecule has 2 aliphatic rings. The standard InChI is InChI=1S/C21H26FN3O2/c1-13-8-16(10-19(23-13)26-3)9-15-4-6-25(12-15)14(2)20-18(22)11-17-5-7-27-21(17)24-20/h8,10-11,14-15H,4-7,9,12H2,1-3H3/t14-,15-/m1/s1. The van der Waals surface area contributed by atoms with Crippen molar-refractivity contribution in [3.8, 4) is 11.8 Å². The summed E-state index contributed by atoms with van der Waals surface area (Å²) in [6.45, 7) is 6.50. The molecule has 4 heterocycles.